The van der Waals surface area contributed by atoms with E-state index in [1.165, 1.54) is 6.92 Å². The van der Waals surface area contributed by atoms with Gasteiger partial charge in [-0.25, -0.2) is 4.79 Å². The topological polar surface area (TPSA) is 66.4 Å². The molecule has 78 valence electrons. The predicted octanol–water partition coefficient (Wildman–Crippen LogP) is 0.419. The lowest BCUT2D eigenvalue weighted by atomic mass is 10.1. The zero-order valence-electron chi connectivity index (χ0n) is 8.28. The maximum atomic E-state index is 10.8. The molecule has 0 saturated carbocycles. The highest BCUT2D eigenvalue weighted by atomic mass is 16.4. The second-order valence-corrected chi connectivity index (χ2v) is 3.12. The van der Waals surface area contributed by atoms with Crippen LogP contribution in [0.3, 0.4) is 0 Å². The van der Waals surface area contributed by atoms with E-state index in [1.807, 2.05) is 0 Å². The van der Waals surface area contributed by atoms with E-state index in [0.717, 1.165) is 0 Å². The molecule has 15 heavy (non-hydrogen) atoms. The van der Waals surface area contributed by atoms with Gasteiger partial charge in [0.05, 0.1) is 0 Å². The van der Waals surface area contributed by atoms with Crippen molar-refractivity contribution in [3.05, 3.63) is 35.9 Å². The minimum absolute atomic E-state index is 0.215. The van der Waals surface area contributed by atoms with Crippen molar-refractivity contribution in [2.45, 2.75) is 19.4 Å². The van der Waals surface area contributed by atoms with E-state index in [4.69, 9.17) is 5.11 Å². The number of amides is 1. The van der Waals surface area contributed by atoms with Crippen LogP contribution in [0.25, 0.3) is 0 Å². The Bertz CT molecular complexity index is 348. The van der Waals surface area contributed by atoms with E-state index in [-0.39, 0.29) is 12.3 Å². The largest absolute Gasteiger partial charge is 0.480 e. The standard InChI is InChI=1S/C11H11NO3/c1-8(13)12-10(11(14)15)7-9-5-3-2-4-6-9/h2-3,5,10H,7H2,1H3,(H,12,13)(H,14,15). The quantitative estimate of drug-likeness (QED) is 0.748. The second kappa shape index (κ2) is 5.01. The highest BCUT2D eigenvalue weighted by Crippen LogP contribution is 1.99. The molecule has 0 aliphatic rings. The van der Waals surface area contributed by atoms with E-state index in [0.29, 0.717) is 5.56 Å². The Kier molecular flexibility index (Phi) is 3.69. The molecule has 1 unspecified atom stereocenters. The minimum atomic E-state index is -1.05. The van der Waals surface area contributed by atoms with Gasteiger partial charge >= 0.3 is 5.97 Å². The van der Waals surface area contributed by atoms with Crippen molar-refractivity contribution in [1.82, 2.24) is 5.32 Å². The molecule has 0 fully saturated rings. The van der Waals surface area contributed by atoms with Gasteiger partial charge < -0.3 is 10.4 Å². The van der Waals surface area contributed by atoms with Crippen molar-refractivity contribution < 1.29 is 14.7 Å². The normalized spacial score (nSPS) is 11.3. The van der Waals surface area contributed by atoms with Gasteiger partial charge in [-0.2, -0.15) is 0 Å². The lowest BCUT2D eigenvalue weighted by molar-refractivity contribution is -0.141. The summed E-state index contributed by atoms with van der Waals surface area (Å²) in [5.74, 6) is -1.41. The van der Waals surface area contributed by atoms with Gasteiger partial charge in [-0.1, -0.05) is 18.2 Å². The van der Waals surface area contributed by atoms with Crippen molar-refractivity contribution in [3.63, 3.8) is 0 Å². The molecule has 2 N–H and O–H groups in total. The van der Waals surface area contributed by atoms with Crippen LogP contribution in [0.1, 0.15) is 12.5 Å². The highest BCUT2D eigenvalue weighted by Gasteiger charge is 2.18. The third-order valence-electron chi connectivity index (χ3n) is 1.81. The average molecular weight is 205 g/mol. The van der Waals surface area contributed by atoms with E-state index in [2.05, 4.69) is 17.4 Å². The Morgan fingerprint density at radius 3 is 2.80 bits per heavy atom. The number of hydrogen-bond acceptors (Lipinski definition) is 2. The maximum absolute atomic E-state index is 10.8. The fourth-order valence-corrected chi connectivity index (χ4v) is 1.17. The number of carboxylic acids is 1. The summed E-state index contributed by atoms with van der Waals surface area (Å²) in [6.45, 7) is 1.29. The fraction of sp³-hybridized carbons (Fsp3) is 0.273. The molecule has 1 aromatic rings. The van der Waals surface area contributed by atoms with Gasteiger partial charge in [-0.3, -0.25) is 4.79 Å². The Labute approximate surface area is 87.9 Å². The summed E-state index contributed by atoms with van der Waals surface area (Å²) in [6.07, 6.45) is 0.215. The minimum Gasteiger partial charge on any atom is -0.480 e. The third-order valence-corrected chi connectivity index (χ3v) is 1.81. The average Bonchev–Trinajstić information content (AvgIpc) is 2.17. The summed E-state index contributed by atoms with van der Waals surface area (Å²) in [6, 6.07) is 9.78. The van der Waals surface area contributed by atoms with Crippen molar-refractivity contribution in [2.24, 2.45) is 0 Å². The number of nitrogens with one attached hydrogen (secondary N) is 1. The van der Waals surface area contributed by atoms with Crippen molar-refractivity contribution in [2.75, 3.05) is 0 Å². The summed E-state index contributed by atoms with van der Waals surface area (Å²) in [5.41, 5.74) is 0.707. The molecule has 1 aromatic carbocycles. The molecular formula is C11H11NO3. The molecule has 0 heterocycles. The van der Waals surface area contributed by atoms with Crippen LogP contribution in [0.2, 0.25) is 0 Å². The van der Waals surface area contributed by atoms with Crippen LogP contribution < -0.4 is 5.32 Å². The van der Waals surface area contributed by atoms with E-state index in [9.17, 15) is 9.59 Å². The van der Waals surface area contributed by atoms with Crippen LogP contribution in [0, 0.1) is 12.1 Å². The molecule has 0 aromatic heterocycles. The van der Waals surface area contributed by atoms with Crippen molar-refractivity contribution >= 4 is 11.9 Å². The van der Waals surface area contributed by atoms with Crippen molar-refractivity contribution in [1.29, 1.82) is 0 Å². The zero-order chi connectivity index (χ0) is 11.3. The molecule has 1 rings (SSSR count). The van der Waals surface area contributed by atoms with Gasteiger partial charge in [0, 0.05) is 18.9 Å². The Morgan fingerprint density at radius 1 is 1.60 bits per heavy atom. The summed E-state index contributed by atoms with van der Waals surface area (Å²) in [5, 5.41) is 11.2. The number of aliphatic carboxylic acids is 1. The molecule has 0 radical (unpaired) electrons. The smallest absolute Gasteiger partial charge is 0.326 e. The zero-order valence-corrected chi connectivity index (χ0v) is 8.28. The molecule has 0 aliphatic carbocycles. The fourth-order valence-electron chi connectivity index (χ4n) is 1.17. The van der Waals surface area contributed by atoms with Crippen LogP contribution >= 0.6 is 0 Å². The first-order chi connectivity index (χ1) is 7.09. The molecule has 4 nitrogen and oxygen atoms in total. The van der Waals surface area contributed by atoms with Gasteiger partial charge in [0.25, 0.3) is 0 Å². The molecule has 1 amide bonds. The first-order valence-electron chi connectivity index (χ1n) is 4.47. The number of carbonyl (C=O) groups is 2. The number of carbonyl (C=O) groups excluding carboxylic acids is 1. The summed E-state index contributed by atoms with van der Waals surface area (Å²) >= 11 is 0. The lowest BCUT2D eigenvalue weighted by Gasteiger charge is -2.11. The third kappa shape index (κ3) is 3.69. The molecule has 4 heteroatoms. The predicted molar refractivity (Wildman–Crippen MR) is 53.1 cm³/mol. The number of hydrogen-bond donors (Lipinski definition) is 2. The Morgan fingerprint density at radius 2 is 2.33 bits per heavy atom. The summed E-state index contributed by atoms with van der Waals surface area (Å²) in [4.78, 5) is 21.6. The van der Waals surface area contributed by atoms with Crippen LogP contribution in [-0.4, -0.2) is 23.0 Å². The maximum Gasteiger partial charge on any atom is 0.326 e. The monoisotopic (exact) mass is 205 g/mol. The molecule has 0 bridgehead atoms. The van der Waals surface area contributed by atoms with Gasteiger partial charge in [0.15, 0.2) is 0 Å². The molecule has 1 atom stereocenters. The lowest BCUT2D eigenvalue weighted by Crippen LogP contribution is -2.41. The second-order valence-electron chi connectivity index (χ2n) is 3.12. The van der Waals surface area contributed by atoms with Gasteiger partial charge in [0.1, 0.15) is 6.04 Å². The van der Waals surface area contributed by atoms with Crippen LogP contribution in [0.15, 0.2) is 18.2 Å². The SMILES string of the molecule is CC(=O)NC(Cc1c#cccc1)C(=O)O. The van der Waals surface area contributed by atoms with E-state index < -0.39 is 12.0 Å². The van der Waals surface area contributed by atoms with Gasteiger partial charge in [-0.15, -0.1) is 0 Å². The molecular weight excluding hydrogens is 194 g/mol. The molecule has 0 aliphatic heterocycles. The molecule has 0 spiro atoms. The van der Waals surface area contributed by atoms with Crippen LogP contribution in [-0.2, 0) is 16.0 Å². The van der Waals surface area contributed by atoms with Gasteiger partial charge in [0.2, 0.25) is 5.91 Å². The molecule has 0 saturated heterocycles. The first kappa shape index (κ1) is 11.1. The Balaban J connectivity index is 2.67. The van der Waals surface area contributed by atoms with E-state index >= 15 is 0 Å². The summed E-state index contributed by atoms with van der Waals surface area (Å²) < 4.78 is 0. The van der Waals surface area contributed by atoms with Crippen LogP contribution in [0.4, 0.5) is 0 Å². The highest BCUT2D eigenvalue weighted by molar-refractivity contribution is 5.82. The van der Waals surface area contributed by atoms with Gasteiger partial charge in [-0.05, 0) is 12.1 Å². The number of rotatable bonds is 4. The number of carboxylic acid groups (broad SMARTS) is 1. The Hall–Kier alpha value is -2.02. The van der Waals surface area contributed by atoms with Crippen LogP contribution in [0.5, 0.6) is 0 Å². The first-order valence-corrected chi connectivity index (χ1v) is 4.47. The van der Waals surface area contributed by atoms with Crippen molar-refractivity contribution in [3.8, 4) is 0 Å². The van der Waals surface area contributed by atoms with E-state index in [1.54, 1.807) is 18.2 Å². The summed E-state index contributed by atoms with van der Waals surface area (Å²) in [7, 11) is 0.